The maximum absolute atomic E-state index is 9.93. The van der Waals surface area contributed by atoms with Gasteiger partial charge in [0.2, 0.25) is 5.88 Å². The van der Waals surface area contributed by atoms with Gasteiger partial charge >= 0.3 is 0 Å². The van der Waals surface area contributed by atoms with Crippen LogP contribution in [-0.4, -0.2) is 53.4 Å². The third-order valence-corrected chi connectivity index (χ3v) is 6.51. The predicted molar refractivity (Wildman–Crippen MR) is 131 cm³/mol. The highest BCUT2D eigenvalue weighted by atomic mass is 32.2. The van der Waals surface area contributed by atoms with E-state index in [9.17, 15) is 5.21 Å². The Morgan fingerprint density at radius 3 is 2.41 bits per heavy atom. The molecule has 0 bridgehead atoms. The van der Waals surface area contributed by atoms with Gasteiger partial charge in [0.05, 0.1) is 5.56 Å². The van der Waals surface area contributed by atoms with Crippen molar-refractivity contribution in [2.24, 2.45) is 5.16 Å². The molecule has 2 aromatic carbocycles. The second kappa shape index (κ2) is 9.96. The van der Waals surface area contributed by atoms with E-state index in [1.807, 2.05) is 37.3 Å². The summed E-state index contributed by atoms with van der Waals surface area (Å²) in [6, 6.07) is 20.2. The standard InChI is InChI=1S/C25H28N4O2S/c1-18-17-21(10-12-23(18)32-3)31-25-22(11-9-19(2)26-25)24(27-30)29-15-13-28(14-16-29)20-7-5-4-6-8-20/h4-12,17,30H,13-16H2,1-3H3/b27-24-. The quantitative estimate of drug-likeness (QED) is 0.191. The fraction of sp³-hybridized carbons (Fsp3) is 0.280. The first kappa shape index (κ1) is 22.0. The number of hydrogen-bond acceptors (Lipinski definition) is 6. The maximum Gasteiger partial charge on any atom is 0.230 e. The van der Waals surface area contributed by atoms with Crippen LogP contribution < -0.4 is 9.64 Å². The van der Waals surface area contributed by atoms with Gasteiger partial charge in [0.15, 0.2) is 5.84 Å². The number of para-hydroxylation sites is 1. The van der Waals surface area contributed by atoms with Crippen LogP contribution in [0, 0.1) is 13.8 Å². The third kappa shape index (κ3) is 4.83. The third-order valence-electron chi connectivity index (χ3n) is 5.62. The summed E-state index contributed by atoms with van der Waals surface area (Å²) in [6.07, 6.45) is 2.06. The molecule has 6 nitrogen and oxygen atoms in total. The summed E-state index contributed by atoms with van der Waals surface area (Å²) in [4.78, 5) is 10.2. The zero-order valence-corrected chi connectivity index (χ0v) is 19.5. The molecule has 1 N–H and O–H groups in total. The number of anilines is 1. The number of aryl methyl sites for hydroxylation is 2. The first-order valence-electron chi connectivity index (χ1n) is 10.7. The normalized spacial score (nSPS) is 14.5. The number of amidine groups is 1. The van der Waals surface area contributed by atoms with Gasteiger partial charge in [-0.25, -0.2) is 4.98 Å². The number of ether oxygens (including phenoxy) is 1. The number of benzene rings is 2. The first-order valence-corrected chi connectivity index (χ1v) is 11.9. The summed E-state index contributed by atoms with van der Waals surface area (Å²) in [5.41, 5.74) is 3.88. The van der Waals surface area contributed by atoms with Crippen molar-refractivity contribution in [3.8, 4) is 11.6 Å². The molecule has 1 saturated heterocycles. The summed E-state index contributed by atoms with van der Waals surface area (Å²) in [5, 5.41) is 13.6. The van der Waals surface area contributed by atoms with Gasteiger partial charge in [-0.15, -0.1) is 11.8 Å². The van der Waals surface area contributed by atoms with Crippen LogP contribution in [0.4, 0.5) is 5.69 Å². The van der Waals surface area contributed by atoms with Gasteiger partial charge in [-0.05, 0) is 68.1 Å². The van der Waals surface area contributed by atoms with Gasteiger partial charge in [-0.2, -0.15) is 0 Å². The first-order chi connectivity index (χ1) is 15.6. The highest BCUT2D eigenvalue weighted by Crippen LogP contribution is 2.30. The van der Waals surface area contributed by atoms with E-state index < -0.39 is 0 Å². The molecule has 3 aromatic rings. The highest BCUT2D eigenvalue weighted by Gasteiger charge is 2.25. The molecule has 0 aliphatic carbocycles. The summed E-state index contributed by atoms with van der Waals surface area (Å²) in [5.74, 6) is 1.64. The van der Waals surface area contributed by atoms with E-state index in [0.717, 1.165) is 37.4 Å². The number of thioether (sulfide) groups is 1. The largest absolute Gasteiger partial charge is 0.438 e. The summed E-state index contributed by atoms with van der Waals surface area (Å²) in [6.45, 7) is 7.15. The molecule has 1 aromatic heterocycles. The summed E-state index contributed by atoms with van der Waals surface area (Å²) >= 11 is 1.71. The lowest BCUT2D eigenvalue weighted by Gasteiger charge is -2.37. The monoisotopic (exact) mass is 448 g/mol. The molecule has 0 amide bonds. The molecule has 0 atom stereocenters. The lowest BCUT2D eigenvalue weighted by Crippen LogP contribution is -2.49. The van der Waals surface area contributed by atoms with E-state index in [0.29, 0.717) is 23.0 Å². The Balaban J connectivity index is 1.55. The van der Waals surface area contributed by atoms with Crippen molar-refractivity contribution in [1.82, 2.24) is 9.88 Å². The molecular formula is C25H28N4O2S. The minimum Gasteiger partial charge on any atom is -0.438 e. The Morgan fingerprint density at radius 2 is 1.75 bits per heavy atom. The van der Waals surface area contributed by atoms with Gasteiger partial charge in [0.1, 0.15) is 5.75 Å². The number of aromatic nitrogens is 1. The molecule has 1 aliphatic heterocycles. The Hall–Kier alpha value is -3.19. The molecular weight excluding hydrogens is 420 g/mol. The molecule has 0 spiro atoms. The molecule has 166 valence electrons. The van der Waals surface area contributed by atoms with Gasteiger partial charge < -0.3 is 19.7 Å². The number of rotatable bonds is 5. The maximum atomic E-state index is 9.93. The van der Waals surface area contributed by atoms with Crippen molar-refractivity contribution >= 4 is 23.3 Å². The van der Waals surface area contributed by atoms with Crippen LogP contribution in [0.15, 0.2) is 70.7 Å². The van der Waals surface area contributed by atoms with Crippen LogP contribution in [0.1, 0.15) is 16.8 Å². The van der Waals surface area contributed by atoms with Crippen molar-refractivity contribution in [3.05, 3.63) is 77.5 Å². The van der Waals surface area contributed by atoms with Gasteiger partial charge in [0.25, 0.3) is 0 Å². The second-order valence-electron chi connectivity index (χ2n) is 7.77. The van der Waals surface area contributed by atoms with Crippen molar-refractivity contribution in [2.75, 3.05) is 37.3 Å². The number of nitrogens with zero attached hydrogens (tertiary/aromatic N) is 4. The van der Waals surface area contributed by atoms with Crippen LogP contribution in [0.5, 0.6) is 11.6 Å². The van der Waals surface area contributed by atoms with Crippen molar-refractivity contribution < 1.29 is 9.94 Å². The Kier molecular flexibility index (Phi) is 6.85. The average Bonchev–Trinajstić information content (AvgIpc) is 2.82. The predicted octanol–water partition coefficient (Wildman–Crippen LogP) is 5.17. The number of piperazine rings is 1. The van der Waals surface area contributed by atoms with E-state index in [2.05, 4.69) is 63.5 Å². The molecule has 0 radical (unpaired) electrons. The number of oxime groups is 1. The molecule has 1 aliphatic rings. The minimum atomic E-state index is 0.444. The SMILES string of the molecule is CSc1ccc(Oc2nc(C)ccc2/C(=N/O)N2CCN(c3ccccc3)CC2)cc1C. The number of hydrogen-bond donors (Lipinski definition) is 1. The Bertz CT molecular complexity index is 1100. The highest BCUT2D eigenvalue weighted by molar-refractivity contribution is 7.98. The van der Waals surface area contributed by atoms with Gasteiger partial charge in [-0.1, -0.05) is 23.4 Å². The summed E-state index contributed by atoms with van der Waals surface area (Å²) in [7, 11) is 0. The Morgan fingerprint density at radius 1 is 1.00 bits per heavy atom. The zero-order chi connectivity index (χ0) is 22.5. The van der Waals surface area contributed by atoms with Crippen LogP contribution in [0.2, 0.25) is 0 Å². The van der Waals surface area contributed by atoms with E-state index in [4.69, 9.17) is 4.74 Å². The van der Waals surface area contributed by atoms with Gasteiger partial charge in [-0.3, -0.25) is 0 Å². The number of pyridine rings is 1. The van der Waals surface area contributed by atoms with E-state index in [1.54, 1.807) is 11.8 Å². The lowest BCUT2D eigenvalue weighted by atomic mass is 10.1. The molecule has 1 fully saturated rings. The van der Waals surface area contributed by atoms with Crippen LogP contribution in [-0.2, 0) is 0 Å². The topological polar surface area (TPSA) is 61.2 Å². The van der Waals surface area contributed by atoms with Crippen molar-refractivity contribution in [1.29, 1.82) is 0 Å². The smallest absolute Gasteiger partial charge is 0.230 e. The van der Waals surface area contributed by atoms with Crippen molar-refractivity contribution in [3.63, 3.8) is 0 Å². The molecule has 2 heterocycles. The average molecular weight is 449 g/mol. The fourth-order valence-corrected chi connectivity index (χ4v) is 4.49. The fourth-order valence-electron chi connectivity index (χ4n) is 3.91. The molecule has 4 rings (SSSR count). The second-order valence-corrected chi connectivity index (χ2v) is 8.62. The molecule has 0 unspecified atom stereocenters. The van der Waals surface area contributed by atoms with Crippen molar-refractivity contribution in [2.45, 2.75) is 18.7 Å². The van der Waals surface area contributed by atoms with E-state index >= 15 is 0 Å². The zero-order valence-electron chi connectivity index (χ0n) is 18.7. The van der Waals surface area contributed by atoms with E-state index in [1.165, 1.54) is 10.6 Å². The van der Waals surface area contributed by atoms with Crippen LogP contribution in [0.25, 0.3) is 0 Å². The minimum absolute atomic E-state index is 0.444. The molecule has 0 saturated carbocycles. The van der Waals surface area contributed by atoms with Crippen LogP contribution in [0.3, 0.4) is 0 Å². The molecule has 7 heteroatoms. The van der Waals surface area contributed by atoms with Crippen LogP contribution >= 0.6 is 11.8 Å². The molecule has 32 heavy (non-hydrogen) atoms. The summed E-state index contributed by atoms with van der Waals surface area (Å²) < 4.78 is 6.19. The Labute approximate surface area is 193 Å². The van der Waals surface area contributed by atoms with Gasteiger partial charge in [0, 0.05) is 42.5 Å². The van der Waals surface area contributed by atoms with E-state index in [-0.39, 0.29) is 0 Å². The lowest BCUT2D eigenvalue weighted by molar-refractivity contribution is 0.295.